The Hall–Kier alpha value is -4.20. The Kier molecular flexibility index (Phi) is 5.38. The topological polar surface area (TPSA) is 91.8 Å². The lowest BCUT2D eigenvalue weighted by atomic mass is 10.2. The Labute approximate surface area is 172 Å². The van der Waals surface area contributed by atoms with E-state index in [4.69, 9.17) is 4.74 Å². The quantitative estimate of drug-likeness (QED) is 0.658. The molecule has 0 fully saturated rings. The molecule has 30 heavy (non-hydrogen) atoms. The molecule has 4 rings (SSSR count). The van der Waals surface area contributed by atoms with E-state index in [2.05, 4.69) is 10.3 Å². The van der Waals surface area contributed by atoms with Gasteiger partial charge in [0.1, 0.15) is 13.2 Å². The smallest absolute Gasteiger partial charge is 0.334 e. The number of anilines is 3. The van der Waals surface area contributed by atoms with Gasteiger partial charge in [0.05, 0.1) is 22.8 Å². The molecule has 4 amide bonds. The van der Waals surface area contributed by atoms with Crippen LogP contribution in [0.15, 0.2) is 79.0 Å². The van der Waals surface area contributed by atoms with Crippen molar-refractivity contribution in [1.82, 2.24) is 10.3 Å². The molecule has 3 aromatic rings. The lowest BCUT2D eigenvalue weighted by Gasteiger charge is -2.23. The third-order valence-electron chi connectivity index (χ3n) is 4.48. The average molecular weight is 402 g/mol. The van der Waals surface area contributed by atoms with Gasteiger partial charge in [-0.1, -0.05) is 36.4 Å². The van der Waals surface area contributed by atoms with Gasteiger partial charge in [0.15, 0.2) is 0 Å². The number of ether oxygens (including phenoxy) is 1. The van der Waals surface area contributed by atoms with Crippen molar-refractivity contribution in [1.29, 1.82) is 0 Å². The molecule has 0 aliphatic carbocycles. The number of fused-ring (bicyclic) bond motifs is 1. The molecule has 0 spiro atoms. The summed E-state index contributed by atoms with van der Waals surface area (Å²) >= 11 is 0. The van der Waals surface area contributed by atoms with Gasteiger partial charge in [-0.05, 0) is 36.4 Å². The van der Waals surface area contributed by atoms with Crippen molar-refractivity contribution in [3.63, 3.8) is 0 Å². The molecule has 150 valence electrons. The van der Waals surface area contributed by atoms with E-state index in [1.165, 1.54) is 9.80 Å². The fourth-order valence-corrected chi connectivity index (χ4v) is 3.12. The highest BCUT2D eigenvalue weighted by Crippen LogP contribution is 2.36. The normalized spacial score (nSPS) is 13.3. The van der Waals surface area contributed by atoms with Crippen LogP contribution in [-0.2, 0) is 16.1 Å². The number of carbonyl (C=O) groups is 3. The number of nitrogens with zero attached hydrogens (tertiary/aromatic N) is 3. The summed E-state index contributed by atoms with van der Waals surface area (Å²) < 4.78 is 5.25. The first-order valence-corrected chi connectivity index (χ1v) is 9.26. The third-order valence-corrected chi connectivity index (χ3v) is 4.48. The number of rotatable bonds is 5. The first-order chi connectivity index (χ1) is 14.6. The molecule has 1 aliphatic rings. The molecule has 1 N–H and O–H groups in total. The molecule has 0 saturated heterocycles. The zero-order valence-electron chi connectivity index (χ0n) is 15.9. The number of esters is 1. The molecule has 0 saturated carbocycles. The maximum atomic E-state index is 12.8. The lowest BCUT2D eigenvalue weighted by Crippen LogP contribution is -2.46. The Morgan fingerprint density at radius 3 is 2.30 bits per heavy atom. The van der Waals surface area contributed by atoms with E-state index in [-0.39, 0.29) is 13.2 Å². The predicted molar refractivity (Wildman–Crippen MR) is 110 cm³/mol. The number of para-hydroxylation sites is 3. The van der Waals surface area contributed by atoms with Crippen molar-refractivity contribution in [2.24, 2.45) is 0 Å². The van der Waals surface area contributed by atoms with Crippen molar-refractivity contribution in [2.75, 3.05) is 16.3 Å². The van der Waals surface area contributed by atoms with Crippen LogP contribution < -0.4 is 15.1 Å². The van der Waals surface area contributed by atoms with Crippen molar-refractivity contribution in [2.45, 2.75) is 6.61 Å². The number of pyridine rings is 1. The molecule has 8 nitrogen and oxygen atoms in total. The summed E-state index contributed by atoms with van der Waals surface area (Å²) in [7, 11) is 0. The molecule has 0 atom stereocenters. The Balaban J connectivity index is 1.60. The molecule has 0 bridgehead atoms. The molecular formula is C22H18N4O4. The van der Waals surface area contributed by atoms with E-state index in [0.717, 1.165) is 0 Å². The van der Waals surface area contributed by atoms with Crippen LogP contribution in [-0.4, -0.2) is 29.6 Å². The number of urea groups is 2. The van der Waals surface area contributed by atoms with Gasteiger partial charge >= 0.3 is 18.0 Å². The molecule has 0 unspecified atom stereocenters. The second-order valence-corrected chi connectivity index (χ2v) is 6.46. The van der Waals surface area contributed by atoms with E-state index >= 15 is 0 Å². The molecule has 1 aliphatic heterocycles. The Morgan fingerprint density at radius 1 is 0.867 bits per heavy atom. The maximum absolute atomic E-state index is 12.8. The highest BCUT2D eigenvalue weighted by Gasteiger charge is 2.33. The summed E-state index contributed by atoms with van der Waals surface area (Å²) in [5.74, 6) is -0.619. The molecule has 2 aromatic carbocycles. The first-order valence-electron chi connectivity index (χ1n) is 9.26. The number of hydrogen-bond acceptors (Lipinski definition) is 5. The second-order valence-electron chi connectivity index (χ2n) is 6.46. The van der Waals surface area contributed by atoms with Crippen molar-refractivity contribution in [3.05, 3.63) is 84.7 Å². The van der Waals surface area contributed by atoms with Crippen LogP contribution in [0.1, 0.15) is 5.69 Å². The summed E-state index contributed by atoms with van der Waals surface area (Å²) in [6, 6.07) is 19.8. The number of aromatic nitrogens is 1. The van der Waals surface area contributed by atoms with Crippen molar-refractivity contribution in [3.8, 4) is 0 Å². The van der Waals surface area contributed by atoms with Gasteiger partial charge in [0.25, 0.3) is 0 Å². The number of hydrogen-bond donors (Lipinski definition) is 1. The summed E-state index contributed by atoms with van der Waals surface area (Å²) in [6.45, 7) is -0.364. The van der Waals surface area contributed by atoms with Gasteiger partial charge < -0.3 is 4.74 Å². The fraction of sp³-hybridized carbons (Fsp3) is 0.0909. The largest absolute Gasteiger partial charge is 0.458 e. The lowest BCUT2D eigenvalue weighted by molar-refractivity contribution is -0.143. The van der Waals surface area contributed by atoms with E-state index < -0.39 is 18.0 Å². The molecule has 2 heterocycles. The number of carbonyl (C=O) groups excluding carboxylic acids is 3. The summed E-state index contributed by atoms with van der Waals surface area (Å²) in [4.78, 5) is 44.6. The number of imide groups is 1. The summed E-state index contributed by atoms with van der Waals surface area (Å²) in [5, 5.41) is 2.32. The fourth-order valence-electron chi connectivity index (χ4n) is 3.12. The minimum absolute atomic E-state index is 0.00809. The van der Waals surface area contributed by atoms with Crippen LogP contribution in [0.5, 0.6) is 0 Å². The molecule has 1 aromatic heterocycles. The van der Waals surface area contributed by atoms with Gasteiger partial charge in [-0.15, -0.1) is 0 Å². The van der Waals surface area contributed by atoms with Crippen molar-refractivity contribution >= 4 is 35.1 Å². The zero-order valence-corrected chi connectivity index (χ0v) is 15.9. The summed E-state index contributed by atoms with van der Waals surface area (Å²) in [5.41, 5.74) is 2.08. The average Bonchev–Trinajstić information content (AvgIpc) is 2.87. The van der Waals surface area contributed by atoms with Crippen LogP contribution in [0.3, 0.4) is 0 Å². The predicted octanol–water partition coefficient (Wildman–Crippen LogP) is 3.61. The number of amides is 4. The van der Waals surface area contributed by atoms with Gasteiger partial charge in [0.2, 0.25) is 0 Å². The van der Waals surface area contributed by atoms with Gasteiger partial charge in [-0.25, -0.2) is 9.59 Å². The minimum Gasteiger partial charge on any atom is -0.458 e. The van der Waals surface area contributed by atoms with E-state index in [1.54, 1.807) is 72.9 Å². The van der Waals surface area contributed by atoms with E-state index in [0.29, 0.717) is 22.8 Å². The SMILES string of the molecule is O=C(CN1C(=O)NC(=O)N(c2ccccc2)c2ccccc21)OCc1ccccn1. The van der Waals surface area contributed by atoms with Gasteiger partial charge in [-0.3, -0.25) is 24.9 Å². The van der Waals surface area contributed by atoms with E-state index in [1.807, 2.05) is 6.07 Å². The molecular weight excluding hydrogens is 384 g/mol. The monoisotopic (exact) mass is 402 g/mol. The van der Waals surface area contributed by atoms with Crippen LogP contribution in [0.25, 0.3) is 0 Å². The van der Waals surface area contributed by atoms with Crippen LogP contribution in [0, 0.1) is 0 Å². The van der Waals surface area contributed by atoms with Crippen LogP contribution >= 0.6 is 0 Å². The third kappa shape index (κ3) is 3.97. The van der Waals surface area contributed by atoms with Crippen molar-refractivity contribution < 1.29 is 19.1 Å². The minimum atomic E-state index is -0.708. The number of nitrogens with one attached hydrogen (secondary N) is 1. The highest BCUT2D eigenvalue weighted by molar-refractivity contribution is 6.16. The second kappa shape index (κ2) is 8.44. The highest BCUT2D eigenvalue weighted by atomic mass is 16.5. The van der Waals surface area contributed by atoms with Crippen LogP contribution in [0.4, 0.5) is 26.7 Å². The van der Waals surface area contributed by atoms with E-state index in [9.17, 15) is 14.4 Å². The maximum Gasteiger partial charge on any atom is 0.334 e. The zero-order chi connectivity index (χ0) is 20.9. The number of benzene rings is 2. The summed E-state index contributed by atoms with van der Waals surface area (Å²) in [6.07, 6.45) is 1.60. The van der Waals surface area contributed by atoms with Gasteiger partial charge in [-0.2, -0.15) is 0 Å². The first kappa shape index (κ1) is 19.1. The molecule has 8 heteroatoms. The Bertz CT molecular complexity index is 1070. The Morgan fingerprint density at radius 2 is 1.57 bits per heavy atom. The van der Waals surface area contributed by atoms with Crippen LogP contribution in [0.2, 0.25) is 0 Å². The molecule has 0 radical (unpaired) electrons. The van der Waals surface area contributed by atoms with Gasteiger partial charge in [0, 0.05) is 6.20 Å². The standard InChI is InChI=1S/C22H18N4O4/c27-20(30-15-16-8-6-7-13-23-16)14-25-18-11-4-5-12-19(18)26(22(29)24-21(25)28)17-9-2-1-3-10-17/h1-13H,14-15H2,(H,24,28,29).